The monoisotopic (exact) mass is 483 g/mol. The highest BCUT2D eigenvalue weighted by Gasteiger charge is 2.45. The zero-order chi connectivity index (χ0) is 24.1. The van der Waals surface area contributed by atoms with E-state index in [1.807, 2.05) is 12.1 Å². The van der Waals surface area contributed by atoms with E-state index in [1.54, 1.807) is 11.0 Å². The number of nitrogens with zero attached hydrogens (tertiary/aromatic N) is 3. The van der Waals surface area contributed by atoms with Gasteiger partial charge in [0.25, 0.3) is 0 Å². The van der Waals surface area contributed by atoms with Crippen LogP contribution in [0.5, 0.6) is 0 Å². The lowest BCUT2D eigenvalue weighted by Gasteiger charge is -2.38. The summed E-state index contributed by atoms with van der Waals surface area (Å²) in [6.07, 6.45) is 5.96. The van der Waals surface area contributed by atoms with E-state index in [2.05, 4.69) is 16.8 Å². The third-order valence-electron chi connectivity index (χ3n) is 7.63. The second kappa shape index (κ2) is 8.46. The topological polar surface area (TPSA) is 96.9 Å². The minimum Gasteiger partial charge on any atom is -0.457 e. The summed E-state index contributed by atoms with van der Waals surface area (Å²) < 4.78 is 28.5. The van der Waals surface area contributed by atoms with Gasteiger partial charge in [0.1, 0.15) is 6.61 Å². The number of rotatable bonds is 5. The van der Waals surface area contributed by atoms with Gasteiger partial charge in [-0.3, -0.25) is 4.79 Å². The van der Waals surface area contributed by atoms with E-state index in [0.29, 0.717) is 30.8 Å². The number of amides is 1. The van der Waals surface area contributed by atoms with Crippen molar-refractivity contribution in [3.05, 3.63) is 52.7 Å². The third kappa shape index (κ3) is 4.22. The van der Waals surface area contributed by atoms with E-state index in [0.717, 1.165) is 56.3 Å². The summed E-state index contributed by atoms with van der Waals surface area (Å²) in [7, 11) is -3.36. The molecule has 2 saturated heterocycles. The Hall–Kier alpha value is -2.78. The van der Waals surface area contributed by atoms with Gasteiger partial charge in [0.05, 0.1) is 17.4 Å². The highest BCUT2D eigenvalue weighted by atomic mass is 32.2. The van der Waals surface area contributed by atoms with E-state index in [4.69, 9.17) is 4.74 Å². The van der Waals surface area contributed by atoms with Crippen molar-refractivity contribution < 1.29 is 22.7 Å². The van der Waals surface area contributed by atoms with Crippen molar-refractivity contribution in [2.45, 2.75) is 44.2 Å². The van der Waals surface area contributed by atoms with Crippen LogP contribution in [0.4, 0.5) is 5.69 Å². The highest BCUT2D eigenvalue weighted by molar-refractivity contribution is 7.90. The van der Waals surface area contributed by atoms with E-state index in [1.165, 1.54) is 17.8 Å². The van der Waals surface area contributed by atoms with Crippen molar-refractivity contribution in [3.8, 4) is 0 Å². The Morgan fingerprint density at radius 1 is 1.12 bits per heavy atom. The molecule has 1 amide bonds. The number of benzene rings is 1. The lowest BCUT2D eigenvalue weighted by Crippen LogP contribution is -2.42. The number of carbonyl (C=O) groups is 2. The molecule has 0 unspecified atom stereocenters. The van der Waals surface area contributed by atoms with Gasteiger partial charge < -0.3 is 14.5 Å². The number of aromatic nitrogens is 1. The number of likely N-dealkylation sites (tertiary alicyclic amines) is 1. The number of esters is 1. The molecular weight excluding hydrogens is 454 g/mol. The van der Waals surface area contributed by atoms with Crippen molar-refractivity contribution in [1.29, 1.82) is 0 Å². The van der Waals surface area contributed by atoms with E-state index < -0.39 is 9.84 Å². The molecule has 180 valence electrons. The number of piperidine rings is 1. The maximum atomic E-state index is 12.8. The Bertz CT molecular complexity index is 1250. The Morgan fingerprint density at radius 2 is 1.88 bits per heavy atom. The number of hydrogen-bond donors (Lipinski definition) is 0. The molecule has 9 heteroatoms. The van der Waals surface area contributed by atoms with Crippen LogP contribution in [0.2, 0.25) is 0 Å². The molecule has 0 bridgehead atoms. The minimum atomic E-state index is -3.36. The van der Waals surface area contributed by atoms with Gasteiger partial charge in [0.15, 0.2) is 14.9 Å². The van der Waals surface area contributed by atoms with Crippen molar-refractivity contribution in [2.75, 3.05) is 37.3 Å². The number of pyridine rings is 1. The Labute approximate surface area is 199 Å². The van der Waals surface area contributed by atoms with Gasteiger partial charge in [-0.25, -0.2) is 18.2 Å². The van der Waals surface area contributed by atoms with Gasteiger partial charge in [-0.15, -0.1) is 0 Å². The van der Waals surface area contributed by atoms with Crippen LogP contribution < -0.4 is 4.90 Å². The fourth-order valence-corrected chi connectivity index (χ4v) is 5.98. The largest absolute Gasteiger partial charge is 0.457 e. The molecule has 0 saturated carbocycles. The fraction of sp³-hybridized carbons (Fsp3) is 0.480. The first-order valence-electron chi connectivity index (χ1n) is 11.6. The predicted molar refractivity (Wildman–Crippen MR) is 126 cm³/mol. The lowest BCUT2D eigenvalue weighted by atomic mass is 9.77. The molecule has 3 aliphatic heterocycles. The maximum Gasteiger partial charge on any atom is 0.338 e. The molecule has 2 aromatic rings. The van der Waals surface area contributed by atoms with Gasteiger partial charge in [-0.2, -0.15) is 0 Å². The smallest absolute Gasteiger partial charge is 0.338 e. The summed E-state index contributed by atoms with van der Waals surface area (Å²) >= 11 is 0. The molecule has 0 aliphatic carbocycles. The van der Waals surface area contributed by atoms with Crippen LogP contribution in [0.1, 0.15) is 46.3 Å². The Kier molecular flexibility index (Phi) is 5.72. The van der Waals surface area contributed by atoms with Crippen LogP contribution in [0.25, 0.3) is 0 Å². The van der Waals surface area contributed by atoms with Gasteiger partial charge in [0.2, 0.25) is 5.91 Å². The van der Waals surface area contributed by atoms with Crippen LogP contribution in [0.15, 0.2) is 35.5 Å². The molecule has 1 aromatic carbocycles. The van der Waals surface area contributed by atoms with E-state index >= 15 is 0 Å². The number of carbonyl (C=O) groups excluding carboxylic acids is 2. The third-order valence-corrected chi connectivity index (χ3v) is 8.63. The number of sulfone groups is 1. The number of fused-ring (bicyclic) bond motifs is 1. The SMILES string of the molecule is Cc1c(CCN2CCC3(CC2)CC(=O)N(c2ccc(S(C)(=O)=O)nc2)C3)ccc2c1COC2=O. The molecule has 8 nitrogen and oxygen atoms in total. The molecule has 0 radical (unpaired) electrons. The van der Waals surface area contributed by atoms with Gasteiger partial charge in [-0.1, -0.05) is 6.07 Å². The lowest BCUT2D eigenvalue weighted by molar-refractivity contribution is -0.118. The van der Waals surface area contributed by atoms with Crippen molar-refractivity contribution in [3.63, 3.8) is 0 Å². The first-order valence-corrected chi connectivity index (χ1v) is 13.5. The molecule has 4 heterocycles. The highest BCUT2D eigenvalue weighted by Crippen LogP contribution is 2.42. The predicted octanol–water partition coefficient (Wildman–Crippen LogP) is 2.53. The molecule has 5 rings (SSSR count). The summed E-state index contributed by atoms with van der Waals surface area (Å²) in [6.45, 7) is 5.92. The molecule has 3 aliphatic rings. The minimum absolute atomic E-state index is 0.0173. The summed E-state index contributed by atoms with van der Waals surface area (Å²) in [4.78, 5) is 32.8. The zero-order valence-corrected chi connectivity index (χ0v) is 20.4. The molecule has 1 aromatic heterocycles. The van der Waals surface area contributed by atoms with E-state index in [9.17, 15) is 18.0 Å². The van der Waals surface area contributed by atoms with Crippen molar-refractivity contribution in [2.24, 2.45) is 5.41 Å². The number of hydrogen-bond acceptors (Lipinski definition) is 7. The normalized spacial score (nSPS) is 20.1. The summed E-state index contributed by atoms with van der Waals surface area (Å²) in [5.74, 6) is -0.152. The standard InChI is InChI=1S/C25H29N3O5S/c1-17-18(3-5-20-21(17)15-33-24(20)30)7-10-27-11-8-25(9-12-27)13-23(29)28(16-25)19-4-6-22(26-14-19)34(2,31)32/h3-6,14H,7-13,15-16H2,1-2H3. The summed E-state index contributed by atoms with van der Waals surface area (Å²) in [5, 5.41) is 0.0173. The van der Waals surface area contributed by atoms with Gasteiger partial charge >= 0.3 is 5.97 Å². The Balaban J connectivity index is 1.18. The second-order valence-corrected chi connectivity index (χ2v) is 11.8. The van der Waals surface area contributed by atoms with Gasteiger partial charge in [-0.05, 0) is 74.0 Å². The van der Waals surface area contributed by atoms with Crippen LogP contribution in [0.3, 0.4) is 0 Å². The van der Waals surface area contributed by atoms with Gasteiger partial charge in [0, 0.05) is 31.3 Å². The quantitative estimate of drug-likeness (QED) is 0.603. The van der Waals surface area contributed by atoms with E-state index in [-0.39, 0.29) is 22.3 Å². The van der Waals surface area contributed by atoms with Crippen LogP contribution >= 0.6 is 0 Å². The van der Waals surface area contributed by atoms with Crippen molar-refractivity contribution >= 4 is 27.4 Å². The van der Waals surface area contributed by atoms with Crippen LogP contribution in [-0.4, -0.2) is 62.6 Å². The molecule has 34 heavy (non-hydrogen) atoms. The van der Waals surface area contributed by atoms with Crippen molar-refractivity contribution in [1.82, 2.24) is 9.88 Å². The molecular formula is C25H29N3O5S. The average molecular weight is 484 g/mol. The van der Waals surface area contributed by atoms with Crippen LogP contribution in [-0.2, 0) is 32.4 Å². The number of anilines is 1. The van der Waals surface area contributed by atoms with Crippen LogP contribution in [0, 0.1) is 12.3 Å². The Morgan fingerprint density at radius 3 is 2.56 bits per heavy atom. The first-order chi connectivity index (χ1) is 16.2. The molecule has 1 spiro atoms. The second-order valence-electron chi connectivity index (χ2n) is 9.83. The molecule has 0 atom stereocenters. The number of ether oxygens (including phenoxy) is 1. The maximum absolute atomic E-state index is 12.8. The number of cyclic esters (lactones) is 1. The molecule has 0 N–H and O–H groups in total. The zero-order valence-electron chi connectivity index (χ0n) is 19.5. The average Bonchev–Trinajstić information content (AvgIpc) is 3.34. The summed E-state index contributed by atoms with van der Waals surface area (Å²) in [6, 6.07) is 7.07. The first kappa shape index (κ1) is 23.0. The fourth-order valence-electron chi connectivity index (χ4n) is 5.42. The summed E-state index contributed by atoms with van der Waals surface area (Å²) in [5.41, 5.74) is 4.74. The molecule has 2 fully saturated rings.